The van der Waals surface area contributed by atoms with E-state index in [1.54, 1.807) is 22.6 Å². The summed E-state index contributed by atoms with van der Waals surface area (Å²) >= 11 is 1.57. The summed E-state index contributed by atoms with van der Waals surface area (Å²) in [7, 11) is -4.35. The molecule has 0 saturated heterocycles. The highest BCUT2D eigenvalue weighted by Gasteiger charge is 2.31. The lowest BCUT2D eigenvalue weighted by atomic mass is 10.2. The summed E-state index contributed by atoms with van der Waals surface area (Å²) in [5.74, 6) is -0.837. The van der Waals surface area contributed by atoms with Crippen molar-refractivity contribution in [3.8, 4) is 0 Å². The van der Waals surface area contributed by atoms with Crippen LogP contribution < -0.4 is 4.72 Å². The third-order valence-corrected chi connectivity index (χ3v) is 5.49. The van der Waals surface area contributed by atoms with Crippen molar-refractivity contribution in [2.45, 2.75) is 11.1 Å². The van der Waals surface area contributed by atoms with Crippen molar-refractivity contribution >= 4 is 44.6 Å². The maximum absolute atomic E-state index is 13.4. The van der Waals surface area contributed by atoms with E-state index in [-0.39, 0.29) is 21.1 Å². The second-order valence-corrected chi connectivity index (χ2v) is 7.33. The number of rotatable bonds is 4. The van der Waals surface area contributed by atoms with E-state index in [1.807, 2.05) is 0 Å². The first kappa shape index (κ1) is 18.6. The van der Waals surface area contributed by atoms with Gasteiger partial charge < -0.3 is 0 Å². The number of carbonyl (C=O) groups is 1. The summed E-state index contributed by atoms with van der Waals surface area (Å²) in [6.45, 7) is 0. The van der Waals surface area contributed by atoms with E-state index >= 15 is 0 Å². The fraction of sp³-hybridized carbons (Fsp3) is 0.0714. The van der Waals surface area contributed by atoms with Crippen LogP contribution in [0.25, 0.3) is 0 Å². The molecule has 2 rings (SSSR count). The van der Waals surface area contributed by atoms with Crippen LogP contribution in [-0.2, 0) is 16.2 Å². The number of halogens is 5. The molecule has 0 radical (unpaired) electrons. The lowest BCUT2D eigenvalue weighted by Gasteiger charge is -2.13. The largest absolute Gasteiger partial charge is 0.416 e. The Morgan fingerprint density at radius 2 is 1.79 bits per heavy atom. The minimum Gasteiger partial charge on any atom is -0.298 e. The van der Waals surface area contributed by atoms with Crippen molar-refractivity contribution in [2.75, 3.05) is 4.72 Å². The molecule has 0 aliphatic rings. The summed E-state index contributed by atoms with van der Waals surface area (Å²) in [6.07, 6.45) is -4.47. The van der Waals surface area contributed by atoms with Crippen molar-refractivity contribution in [3.05, 3.63) is 56.9 Å². The molecule has 0 saturated carbocycles. The maximum Gasteiger partial charge on any atom is 0.416 e. The summed E-state index contributed by atoms with van der Waals surface area (Å²) < 4.78 is 78.1. The molecule has 0 heterocycles. The molecule has 2 aromatic carbocycles. The number of alkyl halides is 3. The van der Waals surface area contributed by atoms with Crippen LogP contribution in [0, 0.1) is 9.39 Å². The Balaban J connectivity index is 2.45. The molecule has 0 aromatic heterocycles. The van der Waals surface area contributed by atoms with Gasteiger partial charge in [-0.15, -0.1) is 0 Å². The highest BCUT2D eigenvalue weighted by molar-refractivity contribution is 14.1. The quantitative estimate of drug-likeness (QED) is 0.414. The number of hydrogen-bond acceptors (Lipinski definition) is 3. The Kier molecular flexibility index (Phi) is 5.18. The first-order valence-electron chi connectivity index (χ1n) is 6.19. The SMILES string of the molecule is O=Cc1c(F)ccc(NS(=O)(=O)c2cccc(C(F)(F)F)c2)c1I. The van der Waals surface area contributed by atoms with E-state index in [4.69, 9.17) is 0 Å². The molecule has 0 spiro atoms. The van der Waals surface area contributed by atoms with Gasteiger partial charge in [0.25, 0.3) is 10.0 Å². The van der Waals surface area contributed by atoms with E-state index in [0.29, 0.717) is 6.07 Å². The normalized spacial score (nSPS) is 12.0. The fourth-order valence-corrected chi connectivity index (χ4v) is 3.80. The zero-order chi connectivity index (χ0) is 18.1. The molecule has 0 bridgehead atoms. The predicted octanol–water partition coefficient (Wildman–Crippen LogP) is 4.06. The van der Waals surface area contributed by atoms with Crippen LogP contribution in [0.3, 0.4) is 0 Å². The van der Waals surface area contributed by atoms with Crippen LogP contribution in [0.2, 0.25) is 0 Å². The molecule has 24 heavy (non-hydrogen) atoms. The number of nitrogens with one attached hydrogen (secondary N) is 1. The third kappa shape index (κ3) is 3.86. The monoisotopic (exact) mass is 473 g/mol. The van der Waals surface area contributed by atoms with Crippen LogP contribution >= 0.6 is 22.6 Å². The number of sulfonamides is 1. The summed E-state index contributed by atoms with van der Waals surface area (Å²) in [5.41, 5.74) is -1.58. The van der Waals surface area contributed by atoms with Gasteiger partial charge >= 0.3 is 6.18 Å². The Labute approximate surface area is 148 Å². The molecule has 0 aliphatic carbocycles. The molecule has 0 aliphatic heterocycles. The van der Waals surface area contributed by atoms with E-state index in [9.17, 15) is 30.8 Å². The van der Waals surface area contributed by atoms with Gasteiger partial charge in [0.1, 0.15) is 5.82 Å². The molecular weight excluding hydrogens is 465 g/mol. The van der Waals surface area contributed by atoms with Crippen LogP contribution in [0.5, 0.6) is 0 Å². The van der Waals surface area contributed by atoms with Crippen molar-refractivity contribution in [3.63, 3.8) is 0 Å². The highest BCUT2D eigenvalue weighted by atomic mass is 127. The standard InChI is InChI=1S/C14H8F4INO3S/c15-11-4-5-12(13(19)10(11)7-21)20-24(22,23)9-3-1-2-8(6-9)14(16,17)18/h1-7,20H. The van der Waals surface area contributed by atoms with Gasteiger partial charge in [-0.25, -0.2) is 12.8 Å². The molecular formula is C14H8F4INO3S. The molecule has 1 N–H and O–H groups in total. The second-order valence-electron chi connectivity index (χ2n) is 4.57. The molecule has 0 unspecified atom stereocenters. The maximum atomic E-state index is 13.4. The second kappa shape index (κ2) is 6.67. The van der Waals surface area contributed by atoms with Gasteiger partial charge in [-0.2, -0.15) is 13.2 Å². The highest BCUT2D eigenvalue weighted by Crippen LogP contribution is 2.31. The smallest absolute Gasteiger partial charge is 0.298 e. The average molecular weight is 473 g/mol. The van der Waals surface area contributed by atoms with Gasteiger partial charge in [0.15, 0.2) is 6.29 Å². The zero-order valence-corrected chi connectivity index (χ0v) is 14.5. The van der Waals surface area contributed by atoms with Gasteiger partial charge in [0, 0.05) is 0 Å². The van der Waals surface area contributed by atoms with Crippen molar-refractivity contribution in [1.29, 1.82) is 0 Å². The van der Waals surface area contributed by atoms with Gasteiger partial charge in [-0.05, 0) is 52.9 Å². The van der Waals surface area contributed by atoms with Crippen LogP contribution in [0.1, 0.15) is 15.9 Å². The number of anilines is 1. The van der Waals surface area contributed by atoms with E-state index in [1.165, 1.54) is 0 Å². The molecule has 0 atom stereocenters. The van der Waals surface area contributed by atoms with E-state index < -0.39 is 32.5 Å². The number of carbonyl (C=O) groups excluding carboxylic acids is 1. The van der Waals surface area contributed by atoms with Gasteiger partial charge in [-0.1, -0.05) is 6.07 Å². The Bertz CT molecular complexity index is 897. The molecule has 10 heteroatoms. The van der Waals surface area contributed by atoms with Crippen LogP contribution in [-0.4, -0.2) is 14.7 Å². The number of hydrogen-bond donors (Lipinski definition) is 1. The Morgan fingerprint density at radius 1 is 1.12 bits per heavy atom. The lowest BCUT2D eigenvalue weighted by Crippen LogP contribution is -2.16. The number of aldehydes is 1. The van der Waals surface area contributed by atoms with Crippen molar-refractivity contribution in [2.24, 2.45) is 0 Å². The topological polar surface area (TPSA) is 63.2 Å². The molecule has 0 fully saturated rings. The molecule has 2 aromatic rings. The van der Waals surface area contributed by atoms with Gasteiger partial charge in [0.2, 0.25) is 0 Å². The predicted molar refractivity (Wildman–Crippen MR) is 86.8 cm³/mol. The molecule has 4 nitrogen and oxygen atoms in total. The average Bonchev–Trinajstić information content (AvgIpc) is 2.50. The summed E-state index contributed by atoms with van der Waals surface area (Å²) in [5, 5.41) is 0. The number of benzene rings is 2. The minimum atomic E-state index is -4.69. The van der Waals surface area contributed by atoms with Gasteiger partial charge in [-0.3, -0.25) is 9.52 Å². The van der Waals surface area contributed by atoms with Gasteiger partial charge in [0.05, 0.1) is 25.3 Å². The van der Waals surface area contributed by atoms with Crippen molar-refractivity contribution in [1.82, 2.24) is 0 Å². The molecule has 128 valence electrons. The minimum absolute atomic E-state index is 0.00171. The van der Waals surface area contributed by atoms with Crippen LogP contribution in [0.4, 0.5) is 23.2 Å². The third-order valence-electron chi connectivity index (χ3n) is 2.96. The van der Waals surface area contributed by atoms with Crippen molar-refractivity contribution < 1.29 is 30.8 Å². The van der Waals surface area contributed by atoms with E-state index in [2.05, 4.69) is 4.72 Å². The first-order valence-corrected chi connectivity index (χ1v) is 8.75. The Hall–Kier alpha value is -1.69. The zero-order valence-electron chi connectivity index (χ0n) is 11.6. The summed E-state index contributed by atoms with van der Waals surface area (Å²) in [6, 6.07) is 5.15. The molecule has 0 amide bonds. The first-order chi connectivity index (χ1) is 11.1. The Morgan fingerprint density at radius 3 is 2.38 bits per heavy atom. The lowest BCUT2D eigenvalue weighted by molar-refractivity contribution is -0.137. The fourth-order valence-electron chi connectivity index (χ4n) is 1.80. The van der Waals surface area contributed by atoms with E-state index in [0.717, 1.165) is 30.3 Å². The summed E-state index contributed by atoms with van der Waals surface area (Å²) in [4.78, 5) is 10.2. The van der Waals surface area contributed by atoms with Crippen LogP contribution in [0.15, 0.2) is 41.3 Å².